The van der Waals surface area contributed by atoms with E-state index >= 15 is 0 Å². The van der Waals surface area contributed by atoms with Gasteiger partial charge in [0.15, 0.2) is 0 Å². The second kappa shape index (κ2) is 7.93. The van der Waals surface area contributed by atoms with E-state index in [0.717, 1.165) is 31.7 Å². The molecule has 5 heteroatoms. The van der Waals surface area contributed by atoms with E-state index < -0.39 is 0 Å². The molecule has 1 aliphatic rings. The fraction of sp³-hybridized carbons (Fsp3) is 0.368. The Kier molecular flexibility index (Phi) is 5.43. The molecule has 0 radical (unpaired) electrons. The van der Waals surface area contributed by atoms with Crippen molar-refractivity contribution < 1.29 is 9.53 Å². The summed E-state index contributed by atoms with van der Waals surface area (Å²) in [5, 5.41) is 2.68. The van der Waals surface area contributed by atoms with Gasteiger partial charge in [-0.1, -0.05) is 30.3 Å². The first-order chi connectivity index (χ1) is 11.8. The first-order valence-electron chi connectivity index (χ1n) is 8.35. The molecule has 2 heterocycles. The van der Waals surface area contributed by atoms with Crippen LogP contribution in [0.1, 0.15) is 28.8 Å². The maximum atomic E-state index is 12.0. The molecule has 5 nitrogen and oxygen atoms in total. The average molecular weight is 325 g/mol. The summed E-state index contributed by atoms with van der Waals surface area (Å²) in [6, 6.07) is 13.9. The zero-order valence-corrected chi connectivity index (χ0v) is 13.9. The van der Waals surface area contributed by atoms with Gasteiger partial charge in [-0.05, 0) is 30.5 Å². The van der Waals surface area contributed by atoms with Gasteiger partial charge in [0.25, 0.3) is 5.91 Å². The second-order valence-electron chi connectivity index (χ2n) is 5.94. The van der Waals surface area contributed by atoms with E-state index in [9.17, 15) is 4.79 Å². The fourth-order valence-corrected chi connectivity index (χ4v) is 2.98. The lowest BCUT2D eigenvalue weighted by Gasteiger charge is -2.33. The van der Waals surface area contributed by atoms with Crippen LogP contribution in [-0.4, -0.2) is 37.1 Å². The predicted octanol–water partition coefficient (Wildman–Crippen LogP) is 2.63. The summed E-state index contributed by atoms with van der Waals surface area (Å²) in [5.41, 5.74) is 1.83. The lowest BCUT2D eigenvalue weighted by Crippen LogP contribution is -2.38. The summed E-state index contributed by atoms with van der Waals surface area (Å²) in [6.45, 7) is 2.35. The van der Waals surface area contributed by atoms with E-state index in [2.05, 4.69) is 27.3 Å². The van der Waals surface area contributed by atoms with Crippen LogP contribution in [0.5, 0.6) is 0 Å². The summed E-state index contributed by atoms with van der Waals surface area (Å²) in [4.78, 5) is 18.6. The molecule has 0 saturated carbocycles. The van der Waals surface area contributed by atoms with Crippen molar-refractivity contribution in [2.75, 3.05) is 25.0 Å². The van der Waals surface area contributed by atoms with Gasteiger partial charge in [-0.25, -0.2) is 4.98 Å². The summed E-state index contributed by atoms with van der Waals surface area (Å²) in [6.07, 6.45) is 3.88. The van der Waals surface area contributed by atoms with Crippen molar-refractivity contribution in [3.63, 3.8) is 0 Å². The first-order valence-corrected chi connectivity index (χ1v) is 8.35. The van der Waals surface area contributed by atoms with Crippen molar-refractivity contribution in [1.82, 2.24) is 10.3 Å². The molecule has 1 aliphatic heterocycles. The molecule has 1 saturated heterocycles. The number of carbonyl (C=O) groups excluding carboxylic acids is 1. The number of hydrogen-bond donors (Lipinski definition) is 1. The second-order valence-corrected chi connectivity index (χ2v) is 5.94. The number of nitrogens with one attached hydrogen (secondary N) is 1. The Morgan fingerprint density at radius 1 is 1.21 bits per heavy atom. The van der Waals surface area contributed by atoms with Gasteiger partial charge in [-0.15, -0.1) is 0 Å². The van der Waals surface area contributed by atoms with E-state index in [1.807, 2.05) is 24.3 Å². The SMILES string of the molecule is CNC(=O)c1cccnc1N1CCC(OCc2ccccc2)CC1. The maximum Gasteiger partial charge on any atom is 0.254 e. The van der Waals surface area contributed by atoms with E-state index in [0.29, 0.717) is 12.2 Å². The molecule has 3 rings (SSSR count). The standard InChI is InChI=1S/C19H23N3O2/c1-20-19(23)17-8-5-11-21-18(17)22-12-9-16(10-13-22)24-14-15-6-3-2-4-7-15/h2-8,11,16H,9-10,12-14H2,1H3,(H,20,23). The van der Waals surface area contributed by atoms with Crippen LogP contribution in [0.25, 0.3) is 0 Å². The number of anilines is 1. The van der Waals surface area contributed by atoms with Crippen LogP contribution in [0.15, 0.2) is 48.7 Å². The summed E-state index contributed by atoms with van der Waals surface area (Å²) in [7, 11) is 1.64. The van der Waals surface area contributed by atoms with Crippen LogP contribution in [0.4, 0.5) is 5.82 Å². The highest BCUT2D eigenvalue weighted by Crippen LogP contribution is 2.23. The number of nitrogens with zero attached hydrogens (tertiary/aromatic N) is 2. The molecule has 0 spiro atoms. The van der Waals surface area contributed by atoms with E-state index in [4.69, 9.17) is 4.74 Å². The smallest absolute Gasteiger partial charge is 0.254 e. The Hall–Kier alpha value is -2.40. The number of carbonyl (C=O) groups is 1. The largest absolute Gasteiger partial charge is 0.373 e. The van der Waals surface area contributed by atoms with Crippen LogP contribution >= 0.6 is 0 Å². The highest BCUT2D eigenvalue weighted by Gasteiger charge is 2.23. The predicted molar refractivity (Wildman–Crippen MR) is 94.1 cm³/mol. The normalized spacial score (nSPS) is 15.3. The van der Waals surface area contributed by atoms with Gasteiger partial charge in [0, 0.05) is 26.3 Å². The molecule has 1 aromatic carbocycles. The molecule has 0 unspecified atom stereocenters. The first kappa shape index (κ1) is 16.5. The van der Waals surface area contributed by atoms with Gasteiger partial charge in [0.2, 0.25) is 0 Å². The number of ether oxygens (including phenoxy) is 1. The molecule has 0 atom stereocenters. The van der Waals surface area contributed by atoms with Crippen LogP contribution in [0.3, 0.4) is 0 Å². The minimum absolute atomic E-state index is 0.0967. The molecule has 1 amide bonds. The number of rotatable bonds is 5. The molecule has 126 valence electrons. The zero-order chi connectivity index (χ0) is 16.8. The minimum atomic E-state index is -0.0967. The topological polar surface area (TPSA) is 54.5 Å². The number of pyridine rings is 1. The highest BCUT2D eigenvalue weighted by atomic mass is 16.5. The van der Waals surface area contributed by atoms with E-state index in [1.165, 1.54) is 5.56 Å². The van der Waals surface area contributed by atoms with Crippen molar-refractivity contribution in [2.24, 2.45) is 0 Å². The van der Waals surface area contributed by atoms with Crippen molar-refractivity contribution in [3.05, 3.63) is 59.8 Å². The van der Waals surface area contributed by atoms with Gasteiger partial charge in [0.05, 0.1) is 18.3 Å². The van der Waals surface area contributed by atoms with E-state index in [1.54, 1.807) is 19.3 Å². The molecular weight excluding hydrogens is 302 g/mol. The fourth-order valence-electron chi connectivity index (χ4n) is 2.98. The quantitative estimate of drug-likeness (QED) is 0.918. The van der Waals surface area contributed by atoms with Crippen LogP contribution in [0.2, 0.25) is 0 Å². The van der Waals surface area contributed by atoms with Gasteiger partial charge in [0.1, 0.15) is 5.82 Å². The Bertz CT molecular complexity index is 667. The molecule has 24 heavy (non-hydrogen) atoms. The molecule has 0 aliphatic carbocycles. The lowest BCUT2D eigenvalue weighted by molar-refractivity contribution is 0.0250. The third kappa shape index (κ3) is 3.92. The van der Waals surface area contributed by atoms with Crippen molar-refractivity contribution in [3.8, 4) is 0 Å². The lowest BCUT2D eigenvalue weighted by atomic mass is 10.1. The van der Waals surface area contributed by atoms with Gasteiger partial charge >= 0.3 is 0 Å². The average Bonchev–Trinajstić information content (AvgIpc) is 2.67. The summed E-state index contributed by atoms with van der Waals surface area (Å²) in [5.74, 6) is 0.666. The number of benzene rings is 1. The number of piperidine rings is 1. The Morgan fingerprint density at radius 3 is 2.67 bits per heavy atom. The third-order valence-corrected chi connectivity index (χ3v) is 4.33. The molecule has 1 aromatic heterocycles. The molecule has 1 N–H and O–H groups in total. The molecule has 0 bridgehead atoms. The summed E-state index contributed by atoms with van der Waals surface area (Å²) >= 11 is 0. The highest BCUT2D eigenvalue weighted by molar-refractivity contribution is 5.98. The van der Waals surface area contributed by atoms with Crippen LogP contribution < -0.4 is 10.2 Å². The third-order valence-electron chi connectivity index (χ3n) is 4.33. The minimum Gasteiger partial charge on any atom is -0.373 e. The zero-order valence-electron chi connectivity index (χ0n) is 13.9. The van der Waals surface area contributed by atoms with Crippen LogP contribution in [0, 0.1) is 0 Å². The Morgan fingerprint density at radius 2 is 1.96 bits per heavy atom. The van der Waals surface area contributed by atoms with Crippen molar-refractivity contribution in [1.29, 1.82) is 0 Å². The van der Waals surface area contributed by atoms with Crippen LogP contribution in [-0.2, 0) is 11.3 Å². The summed E-state index contributed by atoms with van der Waals surface area (Å²) < 4.78 is 6.03. The molecule has 1 fully saturated rings. The van der Waals surface area contributed by atoms with E-state index in [-0.39, 0.29) is 12.0 Å². The number of amides is 1. The monoisotopic (exact) mass is 325 g/mol. The molecule has 2 aromatic rings. The Balaban J connectivity index is 1.57. The van der Waals surface area contributed by atoms with Crippen molar-refractivity contribution >= 4 is 11.7 Å². The number of aromatic nitrogens is 1. The maximum absolute atomic E-state index is 12.0. The molecular formula is C19H23N3O2. The Labute approximate surface area is 142 Å². The van der Waals surface area contributed by atoms with Gasteiger partial charge < -0.3 is 15.0 Å². The van der Waals surface area contributed by atoms with Gasteiger partial charge in [-0.3, -0.25) is 4.79 Å². The van der Waals surface area contributed by atoms with Crippen molar-refractivity contribution in [2.45, 2.75) is 25.6 Å². The number of hydrogen-bond acceptors (Lipinski definition) is 4. The van der Waals surface area contributed by atoms with Gasteiger partial charge in [-0.2, -0.15) is 0 Å².